The molecule has 0 saturated heterocycles. The lowest BCUT2D eigenvalue weighted by atomic mass is 9.94. The number of benzene rings is 6. The van der Waals surface area contributed by atoms with Gasteiger partial charge in [-0.05, 0) is 45.8 Å². The predicted molar refractivity (Wildman–Crippen MR) is 180 cm³/mol. The highest BCUT2D eigenvalue weighted by Gasteiger charge is 2.15. The summed E-state index contributed by atoms with van der Waals surface area (Å²) in [5, 5.41) is 3.41. The Morgan fingerprint density at radius 2 is 0.864 bits per heavy atom. The first-order valence-corrected chi connectivity index (χ1v) is 14.6. The van der Waals surface area contributed by atoms with E-state index in [4.69, 9.17) is 15.0 Å². The number of nitrogens with zero attached hydrogens (tertiary/aromatic N) is 4. The lowest BCUT2D eigenvalue weighted by molar-refractivity contribution is 1.07. The highest BCUT2D eigenvalue weighted by molar-refractivity contribution is 6.12. The van der Waals surface area contributed by atoms with Crippen molar-refractivity contribution in [3.05, 3.63) is 158 Å². The van der Waals surface area contributed by atoms with Crippen LogP contribution in [0.15, 0.2) is 158 Å². The molecule has 206 valence electrons. The van der Waals surface area contributed by atoms with Crippen LogP contribution < -0.4 is 0 Å². The second-order valence-corrected chi connectivity index (χ2v) is 10.7. The molecule has 0 fully saturated rings. The first kappa shape index (κ1) is 25.7. The summed E-state index contributed by atoms with van der Waals surface area (Å²) in [4.78, 5) is 19.6. The van der Waals surface area contributed by atoms with E-state index in [1.165, 1.54) is 5.56 Å². The molecule has 0 saturated carbocycles. The Kier molecular flexibility index (Phi) is 6.43. The standard InChI is InChI=1S/C40H26N4/c1-3-11-27(12-4-1)28-20-22-30(23-21-28)39-42-38(29-13-5-2-6-14-29)43-40(44-39)33-16-9-15-31(25-33)36-26-32-17-10-24-41-37(32)35-19-8-7-18-34(35)36/h1-26H. The molecule has 2 aromatic heterocycles. The number of aromatic nitrogens is 4. The number of fused-ring (bicyclic) bond motifs is 3. The van der Waals surface area contributed by atoms with Crippen LogP contribution in [-0.4, -0.2) is 19.9 Å². The van der Waals surface area contributed by atoms with Crippen LogP contribution in [-0.2, 0) is 0 Å². The predicted octanol–water partition coefficient (Wildman–Crippen LogP) is 9.91. The minimum Gasteiger partial charge on any atom is -0.256 e. The zero-order valence-electron chi connectivity index (χ0n) is 23.8. The van der Waals surface area contributed by atoms with Gasteiger partial charge in [-0.15, -0.1) is 0 Å². The van der Waals surface area contributed by atoms with Crippen molar-refractivity contribution in [3.63, 3.8) is 0 Å². The van der Waals surface area contributed by atoms with Crippen molar-refractivity contribution in [3.8, 4) is 56.4 Å². The molecule has 0 aliphatic carbocycles. The quantitative estimate of drug-likeness (QED) is 0.196. The third kappa shape index (κ3) is 4.79. The Balaban J connectivity index is 1.27. The average molecular weight is 563 g/mol. The Labute approximate surface area is 255 Å². The van der Waals surface area contributed by atoms with E-state index in [2.05, 4.69) is 114 Å². The van der Waals surface area contributed by atoms with Crippen molar-refractivity contribution in [2.75, 3.05) is 0 Å². The molecular formula is C40H26N4. The fourth-order valence-electron chi connectivity index (χ4n) is 5.77. The number of hydrogen-bond donors (Lipinski definition) is 0. The van der Waals surface area contributed by atoms with Gasteiger partial charge in [-0.3, -0.25) is 4.98 Å². The van der Waals surface area contributed by atoms with Crippen LogP contribution in [0.2, 0.25) is 0 Å². The van der Waals surface area contributed by atoms with Gasteiger partial charge >= 0.3 is 0 Å². The normalized spacial score (nSPS) is 11.2. The molecule has 44 heavy (non-hydrogen) atoms. The summed E-state index contributed by atoms with van der Waals surface area (Å²) < 4.78 is 0. The molecule has 0 amide bonds. The monoisotopic (exact) mass is 562 g/mol. The Morgan fingerprint density at radius 1 is 0.341 bits per heavy atom. The van der Waals surface area contributed by atoms with Gasteiger partial charge in [0.25, 0.3) is 0 Å². The first-order valence-electron chi connectivity index (χ1n) is 14.6. The van der Waals surface area contributed by atoms with Crippen LogP contribution in [0.5, 0.6) is 0 Å². The maximum absolute atomic E-state index is 5.02. The zero-order valence-corrected chi connectivity index (χ0v) is 23.8. The van der Waals surface area contributed by atoms with Gasteiger partial charge in [-0.1, -0.05) is 133 Å². The van der Waals surface area contributed by atoms with E-state index in [-0.39, 0.29) is 0 Å². The lowest BCUT2D eigenvalue weighted by Crippen LogP contribution is -2.00. The van der Waals surface area contributed by atoms with E-state index in [0.29, 0.717) is 17.5 Å². The molecule has 4 heteroatoms. The van der Waals surface area contributed by atoms with Crippen LogP contribution in [0.1, 0.15) is 0 Å². The van der Waals surface area contributed by atoms with Crippen LogP contribution in [0.4, 0.5) is 0 Å². The summed E-state index contributed by atoms with van der Waals surface area (Å²) in [5.41, 5.74) is 8.40. The van der Waals surface area contributed by atoms with Crippen LogP contribution >= 0.6 is 0 Å². The Bertz CT molecular complexity index is 2260. The van der Waals surface area contributed by atoms with Crippen LogP contribution in [0.3, 0.4) is 0 Å². The van der Waals surface area contributed by atoms with Gasteiger partial charge in [0.15, 0.2) is 17.5 Å². The molecule has 0 atom stereocenters. The van der Waals surface area contributed by atoms with E-state index in [9.17, 15) is 0 Å². The molecule has 2 heterocycles. The number of pyridine rings is 1. The lowest BCUT2D eigenvalue weighted by Gasteiger charge is -2.12. The van der Waals surface area contributed by atoms with Gasteiger partial charge in [-0.25, -0.2) is 15.0 Å². The summed E-state index contributed by atoms with van der Waals surface area (Å²) in [6.45, 7) is 0. The average Bonchev–Trinajstić information content (AvgIpc) is 3.12. The van der Waals surface area contributed by atoms with Gasteiger partial charge in [0.05, 0.1) is 5.52 Å². The fraction of sp³-hybridized carbons (Fsp3) is 0. The SMILES string of the molecule is c1ccc(-c2ccc(-c3nc(-c4ccccc4)nc(-c4cccc(-c5cc6cccnc6c6ccccc56)c4)n3)cc2)cc1. The second-order valence-electron chi connectivity index (χ2n) is 10.7. The third-order valence-corrected chi connectivity index (χ3v) is 7.96. The maximum atomic E-state index is 5.02. The molecule has 6 aromatic carbocycles. The summed E-state index contributed by atoms with van der Waals surface area (Å²) >= 11 is 0. The smallest absolute Gasteiger partial charge is 0.164 e. The van der Waals surface area contributed by atoms with Crippen molar-refractivity contribution >= 4 is 21.7 Å². The van der Waals surface area contributed by atoms with Crippen molar-refractivity contribution < 1.29 is 0 Å². The summed E-state index contributed by atoms with van der Waals surface area (Å²) in [5.74, 6) is 1.92. The third-order valence-electron chi connectivity index (χ3n) is 7.96. The van der Waals surface area contributed by atoms with Crippen LogP contribution in [0.25, 0.3) is 78.1 Å². The number of hydrogen-bond acceptors (Lipinski definition) is 4. The second kappa shape index (κ2) is 11.0. The van der Waals surface area contributed by atoms with E-state index in [1.54, 1.807) is 0 Å². The molecule has 0 spiro atoms. The van der Waals surface area contributed by atoms with E-state index >= 15 is 0 Å². The largest absolute Gasteiger partial charge is 0.256 e. The van der Waals surface area contributed by atoms with Gasteiger partial charge in [0.1, 0.15) is 0 Å². The fourth-order valence-corrected chi connectivity index (χ4v) is 5.77. The molecule has 0 bridgehead atoms. The van der Waals surface area contributed by atoms with Crippen molar-refractivity contribution in [2.24, 2.45) is 0 Å². The topological polar surface area (TPSA) is 51.6 Å². The van der Waals surface area contributed by atoms with E-state index in [0.717, 1.165) is 55.1 Å². The van der Waals surface area contributed by atoms with Crippen molar-refractivity contribution in [2.45, 2.75) is 0 Å². The summed E-state index contributed by atoms with van der Waals surface area (Å²) in [7, 11) is 0. The zero-order chi connectivity index (χ0) is 29.3. The molecule has 0 aliphatic heterocycles. The highest BCUT2D eigenvalue weighted by atomic mass is 15.0. The van der Waals surface area contributed by atoms with E-state index in [1.807, 2.05) is 48.7 Å². The van der Waals surface area contributed by atoms with Crippen molar-refractivity contribution in [1.82, 2.24) is 19.9 Å². The Hall–Kier alpha value is -6.00. The minimum absolute atomic E-state index is 0.634. The highest BCUT2D eigenvalue weighted by Crippen LogP contribution is 2.36. The summed E-state index contributed by atoms with van der Waals surface area (Å²) in [6.07, 6.45) is 1.85. The van der Waals surface area contributed by atoms with Gasteiger partial charge in [0.2, 0.25) is 0 Å². The Morgan fingerprint density at radius 3 is 1.59 bits per heavy atom. The van der Waals surface area contributed by atoms with E-state index < -0.39 is 0 Å². The maximum Gasteiger partial charge on any atom is 0.164 e. The molecule has 0 unspecified atom stereocenters. The van der Waals surface area contributed by atoms with Gasteiger partial charge in [-0.2, -0.15) is 0 Å². The number of rotatable bonds is 5. The molecule has 8 aromatic rings. The van der Waals surface area contributed by atoms with Crippen molar-refractivity contribution in [1.29, 1.82) is 0 Å². The van der Waals surface area contributed by atoms with Crippen LogP contribution in [0, 0.1) is 0 Å². The van der Waals surface area contributed by atoms with Gasteiger partial charge in [0, 0.05) is 33.7 Å². The molecule has 0 aliphatic rings. The minimum atomic E-state index is 0.634. The first-order chi connectivity index (χ1) is 21.8. The molecule has 0 radical (unpaired) electrons. The summed E-state index contributed by atoms with van der Waals surface area (Å²) in [6, 6.07) is 52.1. The molecule has 8 rings (SSSR count). The molecular weight excluding hydrogens is 536 g/mol. The molecule has 4 nitrogen and oxygen atoms in total. The molecule has 0 N–H and O–H groups in total. The van der Waals surface area contributed by atoms with Gasteiger partial charge < -0.3 is 0 Å².